The van der Waals surface area contributed by atoms with Gasteiger partial charge in [-0.15, -0.1) is 0 Å². The van der Waals surface area contributed by atoms with Crippen molar-refractivity contribution in [3.8, 4) is 0 Å². The van der Waals surface area contributed by atoms with E-state index in [1.807, 2.05) is 14.1 Å². The average molecular weight is 269 g/mol. The molecule has 1 aromatic rings. The lowest BCUT2D eigenvalue weighted by Crippen LogP contribution is -2.50. The Morgan fingerprint density at radius 1 is 1.53 bits per heavy atom. The van der Waals surface area contributed by atoms with Crippen molar-refractivity contribution in [3.05, 3.63) is 17.0 Å². The molecule has 2 N–H and O–H groups in total. The van der Waals surface area contributed by atoms with Crippen LogP contribution >= 0.6 is 0 Å². The molecule has 0 fully saturated rings. The number of aliphatic hydroxyl groups excluding tert-OH is 1. The molecule has 6 nitrogen and oxygen atoms in total. The number of amides is 1. The molecule has 0 bridgehead atoms. The number of carbonyl (C=O) groups is 1. The van der Waals surface area contributed by atoms with Gasteiger partial charge in [0.2, 0.25) is 0 Å². The van der Waals surface area contributed by atoms with Gasteiger partial charge in [0.25, 0.3) is 5.91 Å². The van der Waals surface area contributed by atoms with Crippen molar-refractivity contribution in [2.24, 2.45) is 0 Å². The second-order valence-corrected chi connectivity index (χ2v) is 5.17. The standard InChI is InChI=1S/C13H23N3O3/c1-6-13(3,16(4)5)8-14-12(18)11-9(2)10(7-17)19-15-11/h17H,6-8H2,1-5H3,(H,14,18). The van der Waals surface area contributed by atoms with Gasteiger partial charge in [-0.1, -0.05) is 12.1 Å². The Morgan fingerprint density at radius 2 is 2.16 bits per heavy atom. The molecule has 1 atom stereocenters. The number of hydrogen-bond donors (Lipinski definition) is 2. The lowest BCUT2D eigenvalue weighted by atomic mass is 9.97. The Labute approximate surface area is 113 Å². The summed E-state index contributed by atoms with van der Waals surface area (Å²) in [6, 6.07) is 0. The molecular weight excluding hydrogens is 246 g/mol. The van der Waals surface area contributed by atoms with Gasteiger partial charge in [0.1, 0.15) is 6.61 Å². The van der Waals surface area contributed by atoms with Gasteiger partial charge in [0.15, 0.2) is 11.5 Å². The highest BCUT2D eigenvalue weighted by atomic mass is 16.5. The van der Waals surface area contributed by atoms with Gasteiger partial charge in [-0.25, -0.2) is 0 Å². The molecule has 1 rings (SSSR count). The Balaban J connectivity index is 2.72. The highest BCUT2D eigenvalue weighted by Crippen LogP contribution is 2.16. The Bertz CT molecular complexity index is 442. The number of nitrogens with one attached hydrogen (secondary N) is 1. The van der Waals surface area contributed by atoms with Crippen molar-refractivity contribution in [2.75, 3.05) is 20.6 Å². The molecule has 0 saturated heterocycles. The third-order valence-electron chi connectivity index (χ3n) is 3.85. The second-order valence-electron chi connectivity index (χ2n) is 5.17. The van der Waals surface area contributed by atoms with E-state index in [2.05, 4.69) is 29.2 Å². The minimum Gasteiger partial charge on any atom is -0.388 e. The monoisotopic (exact) mass is 269 g/mol. The summed E-state index contributed by atoms with van der Waals surface area (Å²) in [5, 5.41) is 15.6. The third-order valence-corrected chi connectivity index (χ3v) is 3.85. The molecule has 1 unspecified atom stereocenters. The van der Waals surface area contributed by atoms with Crippen molar-refractivity contribution < 1.29 is 14.4 Å². The van der Waals surface area contributed by atoms with Crippen LogP contribution in [0, 0.1) is 6.92 Å². The van der Waals surface area contributed by atoms with E-state index in [4.69, 9.17) is 9.63 Å². The lowest BCUT2D eigenvalue weighted by molar-refractivity contribution is 0.0896. The van der Waals surface area contributed by atoms with Crippen molar-refractivity contribution in [1.82, 2.24) is 15.4 Å². The largest absolute Gasteiger partial charge is 0.388 e. The number of hydrogen-bond acceptors (Lipinski definition) is 5. The van der Waals surface area contributed by atoms with Gasteiger partial charge in [-0.05, 0) is 34.4 Å². The molecule has 1 heterocycles. The Hall–Kier alpha value is -1.40. The van der Waals surface area contributed by atoms with Crippen LogP contribution in [-0.4, -0.2) is 47.2 Å². The molecule has 0 spiro atoms. The fourth-order valence-corrected chi connectivity index (χ4v) is 1.68. The zero-order valence-corrected chi connectivity index (χ0v) is 12.3. The van der Waals surface area contributed by atoms with E-state index in [-0.39, 0.29) is 23.7 Å². The van der Waals surface area contributed by atoms with Gasteiger partial charge in [-0.3, -0.25) is 4.79 Å². The third kappa shape index (κ3) is 3.33. The molecule has 1 amide bonds. The van der Waals surface area contributed by atoms with E-state index >= 15 is 0 Å². The zero-order valence-electron chi connectivity index (χ0n) is 12.3. The summed E-state index contributed by atoms with van der Waals surface area (Å²) in [6.07, 6.45) is 0.917. The first-order valence-electron chi connectivity index (χ1n) is 6.37. The van der Waals surface area contributed by atoms with Gasteiger partial charge in [0, 0.05) is 17.6 Å². The van der Waals surface area contributed by atoms with Crippen LogP contribution in [0.1, 0.15) is 42.1 Å². The number of aromatic nitrogens is 1. The fourth-order valence-electron chi connectivity index (χ4n) is 1.68. The van der Waals surface area contributed by atoms with E-state index in [9.17, 15) is 4.79 Å². The predicted molar refractivity (Wildman–Crippen MR) is 71.9 cm³/mol. The molecular formula is C13H23N3O3. The maximum absolute atomic E-state index is 12.0. The molecule has 108 valence electrons. The second kappa shape index (κ2) is 6.16. The number of aliphatic hydroxyl groups is 1. The van der Waals surface area contributed by atoms with Crippen LogP contribution in [0.2, 0.25) is 0 Å². The summed E-state index contributed by atoms with van der Waals surface area (Å²) >= 11 is 0. The number of likely N-dealkylation sites (N-methyl/N-ethyl adjacent to an activating group) is 1. The fraction of sp³-hybridized carbons (Fsp3) is 0.692. The topological polar surface area (TPSA) is 78.6 Å². The molecule has 0 aromatic carbocycles. The average Bonchev–Trinajstić information content (AvgIpc) is 2.76. The van der Waals surface area contributed by atoms with Gasteiger partial charge in [0.05, 0.1) is 0 Å². The van der Waals surface area contributed by atoms with Crippen molar-refractivity contribution in [2.45, 2.75) is 39.3 Å². The highest BCUT2D eigenvalue weighted by Gasteiger charge is 2.26. The Kier molecular flexibility index (Phi) is 5.08. The molecule has 19 heavy (non-hydrogen) atoms. The maximum atomic E-state index is 12.0. The van der Waals surface area contributed by atoms with E-state index in [0.717, 1.165) is 6.42 Å². The lowest BCUT2D eigenvalue weighted by Gasteiger charge is -2.35. The van der Waals surface area contributed by atoms with Crippen LogP contribution < -0.4 is 5.32 Å². The summed E-state index contributed by atoms with van der Waals surface area (Å²) < 4.78 is 4.90. The van der Waals surface area contributed by atoms with E-state index in [0.29, 0.717) is 17.9 Å². The first kappa shape index (κ1) is 15.7. The van der Waals surface area contributed by atoms with E-state index in [1.165, 1.54) is 0 Å². The molecule has 0 aliphatic rings. The normalized spacial score (nSPS) is 14.5. The van der Waals surface area contributed by atoms with Gasteiger partial charge >= 0.3 is 0 Å². The summed E-state index contributed by atoms with van der Waals surface area (Å²) in [6.45, 7) is 6.15. The minimum absolute atomic E-state index is 0.104. The zero-order chi connectivity index (χ0) is 14.6. The number of rotatable bonds is 6. The Morgan fingerprint density at radius 3 is 2.58 bits per heavy atom. The smallest absolute Gasteiger partial charge is 0.273 e. The quantitative estimate of drug-likeness (QED) is 0.803. The number of nitrogens with zero attached hydrogens (tertiary/aromatic N) is 2. The number of carbonyl (C=O) groups excluding carboxylic acids is 1. The molecule has 0 aliphatic carbocycles. The van der Waals surface area contributed by atoms with Crippen molar-refractivity contribution in [1.29, 1.82) is 0 Å². The van der Waals surface area contributed by atoms with Crippen LogP contribution in [0.15, 0.2) is 4.52 Å². The van der Waals surface area contributed by atoms with Crippen LogP contribution in [0.3, 0.4) is 0 Å². The highest BCUT2D eigenvalue weighted by molar-refractivity contribution is 5.93. The van der Waals surface area contributed by atoms with Crippen LogP contribution in [0.4, 0.5) is 0 Å². The van der Waals surface area contributed by atoms with E-state index in [1.54, 1.807) is 6.92 Å². The van der Waals surface area contributed by atoms with Gasteiger partial charge in [-0.2, -0.15) is 0 Å². The van der Waals surface area contributed by atoms with Crippen LogP contribution in [-0.2, 0) is 6.61 Å². The summed E-state index contributed by atoms with van der Waals surface area (Å²) in [5.41, 5.74) is 0.719. The molecule has 0 aliphatic heterocycles. The molecule has 0 saturated carbocycles. The molecule has 0 radical (unpaired) electrons. The SMILES string of the molecule is CCC(C)(CNC(=O)c1noc(CO)c1C)N(C)C. The summed E-state index contributed by atoms with van der Waals surface area (Å²) in [4.78, 5) is 14.1. The van der Waals surface area contributed by atoms with Crippen LogP contribution in [0.5, 0.6) is 0 Å². The summed E-state index contributed by atoms with van der Waals surface area (Å²) in [5.74, 6) is 0.0542. The van der Waals surface area contributed by atoms with Crippen LogP contribution in [0.25, 0.3) is 0 Å². The van der Waals surface area contributed by atoms with E-state index < -0.39 is 0 Å². The van der Waals surface area contributed by atoms with Crippen molar-refractivity contribution in [3.63, 3.8) is 0 Å². The minimum atomic E-state index is -0.275. The predicted octanol–water partition coefficient (Wildman–Crippen LogP) is 0.935. The first-order chi connectivity index (χ1) is 8.85. The first-order valence-corrected chi connectivity index (χ1v) is 6.37. The van der Waals surface area contributed by atoms with Gasteiger partial charge < -0.3 is 19.8 Å². The summed E-state index contributed by atoms with van der Waals surface area (Å²) in [7, 11) is 3.97. The maximum Gasteiger partial charge on any atom is 0.273 e. The molecule has 1 aromatic heterocycles. The van der Waals surface area contributed by atoms with Crippen molar-refractivity contribution >= 4 is 5.91 Å². The molecule has 6 heteroatoms.